The lowest BCUT2D eigenvalue weighted by molar-refractivity contribution is -0.157. The Labute approximate surface area is 80.7 Å². The van der Waals surface area contributed by atoms with Crippen LogP contribution in [0.1, 0.15) is 5.56 Å². The number of alkyl halides is 2. The summed E-state index contributed by atoms with van der Waals surface area (Å²) in [5.74, 6) is -4.05. The third-order valence-electron chi connectivity index (χ3n) is 1.43. The molecular formula is C8H4BrF3O. The number of carbonyl (C=O) groups excluding carboxylic acids is 1. The third kappa shape index (κ3) is 2.09. The van der Waals surface area contributed by atoms with Gasteiger partial charge in [-0.2, -0.15) is 13.2 Å². The number of hydrogen-bond donors (Lipinski definition) is 0. The summed E-state index contributed by atoms with van der Waals surface area (Å²) < 4.78 is 37.7. The molecule has 0 heterocycles. The van der Waals surface area contributed by atoms with Crippen LogP contribution in [-0.2, 0) is 10.7 Å². The third-order valence-corrected chi connectivity index (χ3v) is 1.93. The first-order valence-electron chi connectivity index (χ1n) is 3.28. The maximum atomic E-state index is 12.7. The first-order valence-corrected chi connectivity index (χ1v) is 4.07. The molecule has 0 fully saturated rings. The van der Waals surface area contributed by atoms with Crippen molar-refractivity contribution in [2.45, 2.75) is 5.92 Å². The van der Waals surface area contributed by atoms with Gasteiger partial charge in [-0.1, -0.05) is 28.1 Å². The van der Waals surface area contributed by atoms with Gasteiger partial charge in [0.25, 0.3) is 0 Å². The van der Waals surface area contributed by atoms with E-state index < -0.39 is 17.5 Å². The van der Waals surface area contributed by atoms with Crippen LogP contribution in [0.5, 0.6) is 0 Å². The van der Waals surface area contributed by atoms with Gasteiger partial charge in [0.2, 0.25) is 0 Å². The van der Waals surface area contributed by atoms with Crippen LogP contribution >= 0.6 is 15.9 Å². The molecule has 0 atom stereocenters. The molecule has 0 saturated carbocycles. The minimum absolute atomic E-state index is 0.367. The van der Waals surface area contributed by atoms with Gasteiger partial charge in [0.1, 0.15) is 0 Å². The first-order chi connectivity index (χ1) is 5.94. The van der Waals surface area contributed by atoms with Crippen LogP contribution < -0.4 is 0 Å². The molecule has 0 aromatic heterocycles. The predicted octanol–water partition coefficient (Wildman–Crippen LogP) is 3.04. The summed E-state index contributed by atoms with van der Waals surface area (Å²) in [7, 11) is 0. The summed E-state index contributed by atoms with van der Waals surface area (Å²) >= 11 is 2.94. The molecule has 0 saturated heterocycles. The maximum Gasteiger partial charge on any atom is 0.375 e. The molecule has 1 rings (SSSR count). The average molecular weight is 253 g/mol. The van der Waals surface area contributed by atoms with Gasteiger partial charge in [-0.3, -0.25) is 4.79 Å². The highest BCUT2D eigenvalue weighted by Crippen LogP contribution is 2.30. The number of hydrogen-bond acceptors (Lipinski definition) is 1. The molecule has 0 unspecified atom stereocenters. The molecule has 1 aromatic carbocycles. The summed E-state index contributed by atoms with van der Waals surface area (Å²) in [5, 5.41) is 0. The number of benzene rings is 1. The molecule has 0 aliphatic heterocycles. The highest BCUT2D eigenvalue weighted by Gasteiger charge is 2.41. The highest BCUT2D eigenvalue weighted by atomic mass is 79.9. The summed E-state index contributed by atoms with van der Waals surface area (Å²) in [4.78, 5) is 9.95. The largest absolute Gasteiger partial charge is 0.375 e. The molecule has 70 valence electrons. The van der Waals surface area contributed by atoms with Crippen molar-refractivity contribution in [2.75, 3.05) is 0 Å². The van der Waals surface area contributed by atoms with Gasteiger partial charge in [-0.25, -0.2) is 0 Å². The van der Waals surface area contributed by atoms with Crippen molar-refractivity contribution in [3.8, 4) is 0 Å². The van der Waals surface area contributed by atoms with Crippen LogP contribution in [0.3, 0.4) is 0 Å². The van der Waals surface area contributed by atoms with Gasteiger partial charge >= 0.3 is 12.0 Å². The van der Waals surface area contributed by atoms with E-state index in [2.05, 4.69) is 15.9 Å². The smallest absolute Gasteiger partial charge is 0.254 e. The van der Waals surface area contributed by atoms with Crippen LogP contribution in [0.4, 0.5) is 13.2 Å². The molecular weight excluding hydrogens is 249 g/mol. The van der Waals surface area contributed by atoms with Crippen molar-refractivity contribution in [3.05, 3.63) is 34.3 Å². The van der Waals surface area contributed by atoms with Crippen molar-refractivity contribution in [3.63, 3.8) is 0 Å². The SMILES string of the molecule is O=C(F)C(F)(F)c1cccc(Br)c1. The molecule has 0 bridgehead atoms. The molecule has 0 aliphatic carbocycles. The number of carbonyl (C=O) groups is 1. The zero-order chi connectivity index (χ0) is 10.1. The Morgan fingerprint density at radius 3 is 2.46 bits per heavy atom. The van der Waals surface area contributed by atoms with Crippen molar-refractivity contribution in [2.24, 2.45) is 0 Å². The fourth-order valence-corrected chi connectivity index (χ4v) is 1.20. The topological polar surface area (TPSA) is 17.1 Å². The molecule has 0 radical (unpaired) electrons. The molecule has 1 aromatic rings. The van der Waals surface area contributed by atoms with E-state index in [4.69, 9.17) is 0 Å². The summed E-state index contributed by atoms with van der Waals surface area (Å²) in [6.07, 6.45) is 0. The first kappa shape index (κ1) is 10.2. The normalized spacial score (nSPS) is 11.4. The minimum atomic E-state index is -4.05. The van der Waals surface area contributed by atoms with Gasteiger partial charge in [0, 0.05) is 10.0 Å². The molecule has 5 heteroatoms. The zero-order valence-electron chi connectivity index (χ0n) is 6.23. The maximum absolute atomic E-state index is 12.7. The second-order valence-electron chi connectivity index (χ2n) is 2.36. The lowest BCUT2D eigenvalue weighted by Gasteiger charge is -2.10. The number of halogens is 4. The van der Waals surface area contributed by atoms with Crippen molar-refractivity contribution in [1.29, 1.82) is 0 Å². The monoisotopic (exact) mass is 252 g/mol. The van der Waals surface area contributed by atoms with Crippen LogP contribution in [0, 0.1) is 0 Å². The van der Waals surface area contributed by atoms with E-state index >= 15 is 0 Å². The number of rotatable bonds is 2. The summed E-state index contributed by atoms with van der Waals surface area (Å²) in [6.45, 7) is 0. The van der Waals surface area contributed by atoms with Crippen molar-refractivity contribution < 1.29 is 18.0 Å². The Morgan fingerprint density at radius 1 is 1.38 bits per heavy atom. The molecule has 0 N–H and O–H groups in total. The molecule has 0 spiro atoms. The Morgan fingerprint density at radius 2 is 2.00 bits per heavy atom. The minimum Gasteiger partial charge on any atom is -0.254 e. The van der Waals surface area contributed by atoms with E-state index in [1.54, 1.807) is 0 Å². The van der Waals surface area contributed by atoms with E-state index in [0.717, 1.165) is 12.1 Å². The van der Waals surface area contributed by atoms with E-state index in [9.17, 15) is 18.0 Å². The Kier molecular flexibility index (Phi) is 2.75. The van der Waals surface area contributed by atoms with Crippen LogP contribution in [-0.4, -0.2) is 6.04 Å². The van der Waals surface area contributed by atoms with Crippen LogP contribution in [0.25, 0.3) is 0 Å². The zero-order valence-corrected chi connectivity index (χ0v) is 7.82. The van der Waals surface area contributed by atoms with Gasteiger partial charge in [0.15, 0.2) is 0 Å². The second kappa shape index (κ2) is 3.49. The summed E-state index contributed by atoms with van der Waals surface area (Å²) in [5.41, 5.74) is -0.658. The van der Waals surface area contributed by atoms with Crippen molar-refractivity contribution >= 4 is 22.0 Å². The molecule has 0 aliphatic rings. The molecule has 0 amide bonds. The van der Waals surface area contributed by atoms with E-state index in [1.807, 2.05) is 0 Å². The van der Waals surface area contributed by atoms with Gasteiger partial charge in [-0.15, -0.1) is 0 Å². The van der Waals surface area contributed by atoms with Gasteiger partial charge in [-0.05, 0) is 12.1 Å². The standard InChI is InChI=1S/C8H4BrF3O/c9-6-3-1-2-5(4-6)8(11,12)7(10)13/h1-4H. The van der Waals surface area contributed by atoms with E-state index in [0.29, 0.717) is 4.47 Å². The fourth-order valence-electron chi connectivity index (χ4n) is 0.797. The lowest BCUT2D eigenvalue weighted by Crippen LogP contribution is -2.21. The lowest BCUT2D eigenvalue weighted by atomic mass is 10.1. The Hall–Kier alpha value is -0.840. The van der Waals surface area contributed by atoms with Crippen LogP contribution in [0.2, 0.25) is 0 Å². The fraction of sp³-hybridized carbons (Fsp3) is 0.125. The van der Waals surface area contributed by atoms with Gasteiger partial charge < -0.3 is 0 Å². The molecule has 1 nitrogen and oxygen atoms in total. The van der Waals surface area contributed by atoms with Gasteiger partial charge in [0.05, 0.1) is 0 Å². The average Bonchev–Trinajstić information content (AvgIpc) is 2.04. The molecule has 13 heavy (non-hydrogen) atoms. The van der Waals surface area contributed by atoms with E-state index in [1.165, 1.54) is 12.1 Å². The highest BCUT2D eigenvalue weighted by molar-refractivity contribution is 9.10. The Balaban J connectivity index is 3.14. The predicted molar refractivity (Wildman–Crippen MR) is 44.2 cm³/mol. The summed E-state index contributed by atoms with van der Waals surface area (Å²) in [6, 6.07) is 2.14. The second-order valence-corrected chi connectivity index (χ2v) is 3.27. The quantitative estimate of drug-likeness (QED) is 0.740. The Bertz CT molecular complexity index is 338. The van der Waals surface area contributed by atoms with Crippen LogP contribution in [0.15, 0.2) is 28.7 Å². The van der Waals surface area contributed by atoms with Crippen molar-refractivity contribution in [1.82, 2.24) is 0 Å². The van der Waals surface area contributed by atoms with E-state index in [-0.39, 0.29) is 0 Å².